The zero-order chi connectivity index (χ0) is 12.7. The van der Waals surface area contributed by atoms with Crippen LogP contribution < -0.4 is 5.32 Å². The fourth-order valence-electron chi connectivity index (χ4n) is 1.59. The summed E-state index contributed by atoms with van der Waals surface area (Å²) in [6.07, 6.45) is 4.21. The summed E-state index contributed by atoms with van der Waals surface area (Å²) in [6.45, 7) is 7.99. The van der Waals surface area contributed by atoms with Gasteiger partial charge in [-0.05, 0) is 26.8 Å². The minimum Gasteiger partial charge on any atom is -0.377 e. The van der Waals surface area contributed by atoms with E-state index in [1.54, 1.807) is 4.68 Å². The lowest BCUT2D eigenvalue weighted by molar-refractivity contribution is 0.0611. The zero-order valence-electron chi connectivity index (χ0n) is 11.3. The Labute approximate surface area is 104 Å². The van der Waals surface area contributed by atoms with Gasteiger partial charge >= 0.3 is 0 Å². The molecule has 1 unspecified atom stereocenters. The van der Waals surface area contributed by atoms with Crippen LogP contribution in [0.3, 0.4) is 0 Å². The summed E-state index contributed by atoms with van der Waals surface area (Å²) in [5, 5.41) is 11.5. The molecule has 1 aromatic rings. The van der Waals surface area contributed by atoms with Crippen LogP contribution in [0.4, 0.5) is 0 Å². The largest absolute Gasteiger partial charge is 0.377 e. The second-order valence-corrected chi connectivity index (χ2v) is 4.62. The van der Waals surface area contributed by atoms with Gasteiger partial charge in [-0.2, -0.15) is 0 Å². The fraction of sp³-hybridized carbons (Fsp3) is 0.833. The Hall–Kier alpha value is -0.940. The lowest BCUT2D eigenvalue weighted by Crippen LogP contribution is -2.36. The summed E-state index contributed by atoms with van der Waals surface area (Å²) in [5.41, 5.74) is 1.01. The molecular formula is C12H24N4O. The van der Waals surface area contributed by atoms with Crippen LogP contribution >= 0.6 is 0 Å². The van der Waals surface area contributed by atoms with E-state index in [1.807, 2.05) is 13.2 Å². The zero-order valence-corrected chi connectivity index (χ0v) is 11.3. The second-order valence-electron chi connectivity index (χ2n) is 4.62. The van der Waals surface area contributed by atoms with E-state index in [4.69, 9.17) is 4.74 Å². The summed E-state index contributed by atoms with van der Waals surface area (Å²) in [5.74, 6) is 0. The summed E-state index contributed by atoms with van der Waals surface area (Å²) in [6, 6.07) is 0.314. The minimum atomic E-state index is 0.266. The van der Waals surface area contributed by atoms with Crippen LogP contribution in [0, 0.1) is 0 Å². The Morgan fingerprint density at radius 2 is 2.24 bits per heavy atom. The van der Waals surface area contributed by atoms with Crippen LogP contribution in [0.5, 0.6) is 0 Å². The first-order chi connectivity index (χ1) is 8.11. The molecule has 1 N–H and O–H groups in total. The molecule has 0 saturated heterocycles. The molecule has 5 heteroatoms. The van der Waals surface area contributed by atoms with Crippen molar-refractivity contribution in [3.8, 4) is 0 Å². The molecule has 1 aromatic heterocycles. The second kappa shape index (κ2) is 7.40. The highest BCUT2D eigenvalue weighted by molar-refractivity contribution is 4.95. The predicted octanol–water partition coefficient (Wildman–Crippen LogP) is 1.15. The van der Waals surface area contributed by atoms with Crippen LogP contribution in [0.25, 0.3) is 0 Å². The highest BCUT2D eigenvalue weighted by Crippen LogP contribution is 2.01. The maximum absolute atomic E-state index is 5.66. The first kappa shape index (κ1) is 14.1. The Morgan fingerprint density at radius 1 is 1.47 bits per heavy atom. The lowest BCUT2D eigenvalue weighted by Gasteiger charge is -2.19. The number of aryl methyl sites for hydroxylation is 1. The third-order valence-electron chi connectivity index (χ3n) is 2.42. The van der Waals surface area contributed by atoms with Crippen LogP contribution in [0.15, 0.2) is 6.20 Å². The highest BCUT2D eigenvalue weighted by Gasteiger charge is 2.12. The molecule has 0 aliphatic heterocycles. The van der Waals surface area contributed by atoms with Crippen molar-refractivity contribution in [2.75, 3.05) is 13.2 Å². The molecule has 0 fully saturated rings. The van der Waals surface area contributed by atoms with E-state index >= 15 is 0 Å². The molecule has 17 heavy (non-hydrogen) atoms. The van der Waals surface area contributed by atoms with Gasteiger partial charge in [-0.15, -0.1) is 5.10 Å². The molecule has 0 spiro atoms. The van der Waals surface area contributed by atoms with Crippen LogP contribution in [0.1, 0.15) is 32.9 Å². The molecule has 0 aliphatic rings. The van der Waals surface area contributed by atoms with E-state index in [0.29, 0.717) is 12.6 Å². The van der Waals surface area contributed by atoms with Crippen LogP contribution in [0.2, 0.25) is 0 Å². The Kier molecular flexibility index (Phi) is 6.15. The van der Waals surface area contributed by atoms with Gasteiger partial charge in [0.2, 0.25) is 0 Å². The third-order valence-corrected chi connectivity index (χ3v) is 2.42. The highest BCUT2D eigenvalue weighted by atomic mass is 16.5. The molecule has 0 saturated carbocycles. The number of nitrogens with zero attached hydrogens (tertiary/aromatic N) is 3. The normalized spacial score (nSPS) is 13.2. The van der Waals surface area contributed by atoms with Crippen LogP contribution in [-0.2, 0) is 18.2 Å². The Balaban J connectivity index is 2.44. The van der Waals surface area contributed by atoms with Crippen molar-refractivity contribution < 1.29 is 4.74 Å². The Bertz CT molecular complexity index is 311. The van der Waals surface area contributed by atoms with Crippen molar-refractivity contribution in [3.63, 3.8) is 0 Å². The average Bonchev–Trinajstić information content (AvgIpc) is 2.68. The maximum Gasteiger partial charge on any atom is 0.0843 e. The smallest absolute Gasteiger partial charge is 0.0843 e. The summed E-state index contributed by atoms with van der Waals surface area (Å²) in [7, 11) is 1.88. The lowest BCUT2D eigenvalue weighted by atomic mass is 10.1. The van der Waals surface area contributed by atoms with Gasteiger partial charge in [0.25, 0.3) is 0 Å². The molecule has 1 rings (SSSR count). The van der Waals surface area contributed by atoms with E-state index in [1.165, 1.54) is 0 Å². The first-order valence-electron chi connectivity index (χ1n) is 6.32. The maximum atomic E-state index is 5.66. The molecule has 98 valence electrons. The van der Waals surface area contributed by atoms with Gasteiger partial charge in [-0.25, -0.2) is 0 Å². The first-order valence-corrected chi connectivity index (χ1v) is 6.32. The van der Waals surface area contributed by atoms with Crippen molar-refractivity contribution in [1.29, 1.82) is 0 Å². The van der Waals surface area contributed by atoms with E-state index < -0.39 is 0 Å². The van der Waals surface area contributed by atoms with E-state index in [9.17, 15) is 0 Å². The van der Waals surface area contributed by atoms with Crippen molar-refractivity contribution in [3.05, 3.63) is 11.9 Å². The fourth-order valence-corrected chi connectivity index (χ4v) is 1.59. The summed E-state index contributed by atoms with van der Waals surface area (Å²) in [4.78, 5) is 0. The average molecular weight is 240 g/mol. The van der Waals surface area contributed by atoms with Crippen molar-refractivity contribution in [1.82, 2.24) is 20.3 Å². The molecule has 0 aliphatic carbocycles. The standard InChI is InChI=1S/C12H24N4O/c1-5-6-13-12(9-17-10(2)3)7-11-8-16(4)15-14-11/h8,10,12-13H,5-7,9H2,1-4H3. The molecule has 1 atom stereocenters. The van der Waals surface area contributed by atoms with Gasteiger partial charge in [0.05, 0.1) is 18.4 Å². The summed E-state index contributed by atoms with van der Waals surface area (Å²) < 4.78 is 7.39. The Morgan fingerprint density at radius 3 is 2.76 bits per heavy atom. The van der Waals surface area contributed by atoms with Crippen molar-refractivity contribution in [2.45, 2.75) is 45.8 Å². The molecule has 1 heterocycles. The van der Waals surface area contributed by atoms with Gasteiger partial charge in [0, 0.05) is 25.7 Å². The number of nitrogens with one attached hydrogen (secondary N) is 1. The molecule has 0 aromatic carbocycles. The van der Waals surface area contributed by atoms with E-state index in [2.05, 4.69) is 36.4 Å². The quantitative estimate of drug-likeness (QED) is 0.740. The van der Waals surface area contributed by atoms with Gasteiger partial charge in [-0.1, -0.05) is 12.1 Å². The van der Waals surface area contributed by atoms with Gasteiger partial charge < -0.3 is 10.1 Å². The predicted molar refractivity (Wildman–Crippen MR) is 67.9 cm³/mol. The van der Waals surface area contributed by atoms with Crippen molar-refractivity contribution in [2.24, 2.45) is 7.05 Å². The van der Waals surface area contributed by atoms with Gasteiger partial charge in [0.1, 0.15) is 0 Å². The molecule has 0 amide bonds. The van der Waals surface area contributed by atoms with Gasteiger partial charge in [-0.3, -0.25) is 4.68 Å². The number of hydrogen-bond acceptors (Lipinski definition) is 4. The SMILES string of the molecule is CCCNC(COC(C)C)Cc1cn(C)nn1. The van der Waals surface area contributed by atoms with E-state index in [0.717, 1.165) is 25.1 Å². The van der Waals surface area contributed by atoms with E-state index in [-0.39, 0.29) is 6.10 Å². The molecule has 5 nitrogen and oxygen atoms in total. The number of aromatic nitrogens is 3. The minimum absolute atomic E-state index is 0.266. The number of hydrogen-bond donors (Lipinski definition) is 1. The topological polar surface area (TPSA) is 52.0 Å². The third kappa shape index (κ3) is 5.79. The number of rotatable bonds is 8. The van der Waals surface area contributed by atoms with Gasteiger partial charge in [0.15, 0.2) is 0 Å². The monoisotopic (exact) mass is 240 g/mol. The molecule has 0 bridgehead atoms. The molecular weight excluding hydrogens is 216 g/mol. The van der Waals surface area contributed by atoms with Crippen LogP contribution in [-0.4, -0.2) is 40.3 Å². The van der Waals surface area contributed by atoms with Crippen molar-refractivity contribution >= 4 is 0 Å². The number of ether oxygens (including phenoxy) is 1. The molecule has 0 radical (unpaired) electrons. The summed E-state index contributed by atoms with van der Waals surface area (Å²) >= 11 is 0.